The van der Waals surface area contributed by atoms with E-state index < -0.39 is 163 Å². The summed E-state index contributed by atoms with van der Waals surface area (Å²) in [6.07, 6.45) is -19.5. The average molecular weight is 963 g/mol. The summed E-state index contributed by atoms with van der Waals surface area (Å²) in [5, 5.41) is 142. The highest BCUT2D eigenvalue weighted by molar-refractivity contribution is 5.22. The van der Waals surface area contributed by atoms with Gasteiger partial charge in [0.1, 0.15) is 73.2 Å². The molecule has 388 valence electrons. The maximum atomic E-state index is 12.7. The summed E-state index contributed by atoms with van der Waals surface area (Å²) in [7, 11) is 0. The van der Waals surface area contributed by atoms with E-state index in [1.54, 1.807) is 0 Å². The number of fused-ring (bicyclic) bond motifs is 5. The third-order valence-electron chi connectivity index (χ3n) is 18.6. The van der Waals surface area contributed by atoms with Crippen LogP contribution in [-0.4, -0.2) is 202 Å². The predicted molar refractivity (Wildman–Crippen MR) is 235 cm³/mol. The molecule has 4 aliphatic carbocycles. The Morgan fingerprint density at radius 3 is 1.70 bits per heavy atom. The monoisotopic (exact) mass is 963 g/mol. The lowest BCUT2D eigenvalue weighted by Crippen LogP contribution is -2.71. The fourth-order valence-corrected chi connectivity index (χ4v) is 15.0. The van der Waals surface area contributed by atoms with Crippen LogP contribution < -0.4 is 0 Å². The Morgan fingerprint density at radius 1 is 0.642 bits per heavy atom. The Hall–Kier alpha value is -1.02. The van der Waals surface area contributed by atoms with Gasteiger partial charge in [0.25, 0.3) is 0 Å². The molecule has 0 aromatic carbocycles. The number of hydrogen-bond donors (Lipinski definition) is 13. The third-order valence-corrected chi connectivity index (χ3v) is 18.6. The third kappa shape index (κ3) is 9.13. The fraction of sp³-hybridized carbons (Fsp3) is 0.958. The Kier molecular flexibility index (Phi) is 15.9. The van der Waals surface area contributed by atoms with Crippen molar-refractivity contribution in [2.75, 3.05) is 19.8 Å². The number of rotatable bonds is 13. The summed E-state index contributed by atoms with van der Waals surface area (Å²) >= 11 is 0. The van der Waals surface area contributed by atoms with Gasteiger partial charge in [0, 0.05) is 0 Å². The van der Waals surface area contributed by atoms with Gasteiger partial charge < -0.3 is 94.8 Å². The molecule has 67 heavy (non-hydrogen) atoms. The van der Waals surface area contributed by atoms with Crippen molar-refractivity contribution in [1.29, 1.82) is 0 Å². The average Bonchev–Trinajstić information content (AvgIpc) is 3.64. The molecule has 19 nitrogen and oxygen atoms in total. The summed E-state index contributed by atoms with van der Waals surface area (Å²) in [6, 6.07) is 0. The van der Waals surface area contributed by atoms with Crippen LogP contribution in [0.1, 0.15) is 107 Å². The molecule has 3 heterocycles. The minimum atomic E-state index is -1.84. The number of hydrogen-bond acceptors (Lipinski definition) is 19. The molecule has 13 N–H and O–H groups in total. The number of ether oxygens (including phenoxy) is 6. The standard InChI is InChI=1S/C48H82O19/c1-21(2)10-9-13-48(8,61)22-11-15-46(6)30(22)24(62-41-37(59)34(56)31(53)25(18-49)63-41)16-28-45(5)14-12-29(44(3,4)40(45)23(52)17-47(28,46)7)66-43-39(36(58)33(55)27(20-51)65-43)67-42-38(60)35(57)32(54)26(19-50)64-42/h10,22-43,49-61H,9,11-20H2,1-8H3/t22-,23-,24+,25+,26+,27+,28+,29-,30-,31+,32+,33+,34-,35-,36-,37+,38+,39+,40-,41+,42-,43-,45+,46+,47+,48-/m0/s1. The van der Waals surface area contributed by atoms with Crippen LogP contribution >= 0.6 is 0 Å². The molecule has 0 bridgehead atoms. The second-order valence-electron chi connectivity index (χ2n) is 23.1. The maximum Gasteiger partial charge on any atom is 0.187 e. The minimum Gasteiger partial charge on any atom is -0.394 e. The van der Waals surface area contributed by atoms with Crippen molar-refractivity contribution >= 4 is 0 Å². The largest absolute Gasteiger partial charge is 0.394 e. The van der Waals surface area contributed by atoms with Crippen molar-refractivity contribution in [3.63, 3.8) is 0 Å². The van der Waals surface area contributed by atoms with Crippen molar-refractivity contribution in [2.45, 2.75) is 223 Å². The zero-order valence-corrected chi connectivity index (χ0v) is 40.3. The molecule has 0 unspecified atom stereocenters. The molecule has 3 saturated heterocycles. The quantitative estimate of drug-likeness (QED) is 0.0773. The van der Waals surface area contributed by atoms with Crippen LogP contribution in [0.25, 0.3) is 0 Å². The van der Waals surface area contributed by atoms with Gasteiger partial charge in [0.15, 0.2) is 18.9 Å². The Balaban J connectivity index is 1.21. The van der Waals surface area contributed by atoms with Crippen LogP contribution in [0.4, 0.5) is 0 Å². The highest BCUT2D eigenvalue weighted by Gasteiger charge is 2.74. The molecule has 0 spiro atoms. The second kappa shape index (κ2) is 19.8. The molecule has 19 heteroatoms. The van der Waals surface area contributed by atoms with Gasteiger partial charge in [-0.05, 0) is 117 Å². The first-order chi connectivity index (χ1) is 31.2. The van der Waals surface area contributed by atoms with Crippen LogP contribution in [-0.2, 0) is 28.4 Å². The first-order valence-corrected chi connectivity index (χ1v) is 24.5. The highest BCUT2D eigenvalue weighted by atomic mass is 16.8. The first-order valence-electron chi connectivity index (χ1n) is 24.5. The van der Waals surface area contributed by atoms with Crippen LogP contribution in [0, 0.1) is 45.3 Å². The van der Waals surface area contributed by atoms with Gasteiger partial charge in [-0.3, -0.25) is 0 Å². The van der Waals surface area contributed by atoms with E-state index in [1.807, 2.05) is 34.6 Å². The van der Waals surface area contributed by atoms with E-state index in [0.717, 1.165) is 5.57 Å². The number of aliphatic hydroxyl groups excluding tert-OH is 12. The summed E-state index contributed by atoms with van der Waals surface area (Å²) in [6.45, 7) is 14.5. The second-order valence-corrected chi connectivity index (χ2v) is 23.1. The van der Waals surface area contributed by atoms with Gasteiger partial charge in [-0.25, -0.2) is 0 Å². The lowest BCUT2D eigenvalue weighted by atomic mass is 9.34. The van der Waals surface area contributed by atoms with Gasteiger partial charge in [-0.2, -0.15) is 0 Å². The normalized spacial score (nSPS) is 52.9. The molecule has 0 aromatic rings. The molecule has 7 rings (SSSR count). The van der Waals surface area contributed by atoms with Crippen LogP contribution in [0.5, 0.6) is 0 Å². The van der Waals surface area contributed by atoms with Gasteiger partial charge in [0.2, 0.25) is 0 Å². The van der Waals surface area contributed by atoms with Gasteiger partial charge >= 0.3 is 0 Å². The Bertz CT molecular complexity index is 1710. The molecule has 26 atom stereocenters. The van der Waals surface area contributed by atoms with Crippen molar-refractivity contribution < 1.29 is 94.8 Å². The van der Waals surface area contributed by atoms with E-state index in [9.17, 15) is 66.4 Å². The van der Waals surface area contributed by atoms with E-state index in [1.165, 1.54) is 0 Å². The van der Waals surface area contributed by atoms with E-state index in [-0.39, 0.29) is 17.8 Å². The number of aliphatic hydroxyl groups is 13. The topological polar surface area (TPSA) is 318 Å². The lowest BCUT2D eigenvalue weighted by molar-refractivity contribution is -0.380. The molecule has 4 saturated carbocycles. The van der Waals surface area contributed by atoms with Crippen LogP contribution in [0.15, 0.2) is 11.6 Å². The van der Waals surface area contributed by atoms with Gasteiger partial charge in [-0.15, -0.1) is 0 Å². The van der Waals surface area contributed by atoms with E-state index in [0.29, 0.717) is 51.4 Å². The highest BCUT2D eigenvalue weighted by Crippen LogP contribution is 2.76. The van der Waals surface area contributed by atoms with E-state index >= 15 is 0 Å². The molecule has 3 aliphatic heterocycles. The Labute approximate surface area is 393 Å². The smallest absolute Gasteiger partial charge is 0.187 e. The molecular weight excluding hydrogens is 881 g/mol. The summed E-state index contributed by atoms with van der Waals surface area (Å²) < 4.78 is 37.2. The molecule has 7 fully saturated rings. The predicted octanol–water partition coefficient (Wildman–Crippen LogP) is -1.06. The fourth-order valence-electron chi connectivity index (χ4n) is 15.0. The maximum absolute atomic E-state index is 12.7. The zero-order valence-electron chi connectivity index (χ0n) is 40.3. The van der Waals surface area contributed by atoms with E-state index in [2.05, 4.69) is 26.8 Å². The van der Waals surface area contributed by atoms with Crippen LogP contribution in [0.2, 0.25) is 0 Å². The Morgan fingerprint density at radius 2 is 1.16 bits per heavy atom. The van der Waals surface area contributed by atoms with E-state index in [4.69, 9.17) is 28.4 Å². The molecule has 0 amide bonds. The van der Waals surface area contributed by atoms with Gasteiger partial charge in [0.05, 0.1) is 43.7 Å². The molecule has 7 aliphatic rings. The van der Waals surface area contributed by atoms with Crippen LogP contribution in [0.3, 0.4) is 0 Å². The summed E-state index contributed by atoms with van der Waals surface area (Å²) in [5.74, 6) is -1.13. The summed E-state index contributed by atoms with van der Waals surface area (Å²) in [4.78, 5) is 0. The van der Waals surface area contributed by atoms with Crippen molar-refractivity contribution in [3.8, 4) is 0 Å². The lowest BCUT2D eigenvalue weighted by Gasteiger charge is -2.72. The summed E-state index contributed by atoms with van der Waals surface area (Å²) in [5.41, 5.74) is -2.49. The minimum absolute atomic E-state index is 0.136. The number of allylic oxidation sites excluding steroid dienone is 2. The zero-order chi connectivity index (χ0) is 49.5. The molecule has 0 aromatic heterocycles. The van der Waals surface area contributed by atoms with Crippen molar-refractivity contribution in [1.82, 2.24) is 0 Å². The first kappa shape index (κ1) is 53.8. The van der Waals surface area contributed by atoms with Crippen molar-refractivity contribution in [2.24, 2.45) is 45.3 Å². The van der Waals surface area contributed by atoms with Gasteiger partial charge in [-0.1, -0.05) is 46.3 Å². The van der Waals surface area contributed by atoms with Crippen molar-refractivity contribution in [3.05, 3.63) is 11.6 Å². The SMILES string of the molecule is CC(C)=CCC[C@](C)(O)[C@H]1CC[C@]2(C)[C@@H]1[C@H](O[C@@H]1O[C@H](CO)[C@@H](O)[C@H](O)[C@H]1O)C[C@@H]1[C@@]3(C)CC[C@H](O[C@@H]4O[C@H](CO)[C@@H](O)[C@H](O)[C@H]4O[C@@H]4O[C@H](CO)[C@@H](O)[C@H](O)[C@H]4O)C(C)(C)[C@@H]3[C@@H](O)C[C@]12C. The molecular formula is C48H82O19. The molecule has 0 radical (unpaired) electrons.